The van der Waals surface area contributed by atoms with Crippen LogP contribution in [-0.2, 0) is 4.79 Å². The fourth-order valence-electron chi connectivity index (χ4n) is 1.66. The van der Waals surface area contributed by atoms with Crippen molar-refractivity contribution in [3.05, 3.63) is 34.1 Å². The molecule has 0 radical (unpaired) electrons. The summed E-state index contributed by atoms with van der Waals surface area (Å²) >= 11 is 3.15. The Balaban J connectivity index is 2.96. The number of nitrogens with zero attached hydrogens (tertiary/aromatic N) is 2. The van der Waals surface area contributed by atoms with E-state index in [1.54, 1.807) is 20.2 Å². The van der Waals surface area contributed by atoms with Gasteiger partial charge < -0.3 is 9.80 Å². The summed E-state index contributed by atoms with van der Waals surface area (Å²) in [6, 6.07) is 4.27. The lowest BCUT2D eigenvalue weighted by atomic mass is 10.1. The lowest BCUT2D eigenvalue weighted by molar-refractivity contribution is -0.129. The molecule has 0 bridgehead atoms. The average Bonchev–Trinajstić information content (AvgIpc) is 2.37. The zero-order chi connectivity index (χ0) is 15.3. The van der Waals surface area contributed by atoms with E-state index in [1.807, 2.05) is 6.92 Å². The van der Waals surface area contributed by atoms with E-state index < -0.39 is 11.7 Å². The minimum absolute atomic E-state index is 0.0202. The number of rotatable bonds is 5. The van der Waals surface area contributed by atoms with Gasteiger partial charge in [0.15, 0.2) is 0 Å². The van der Waals surface area contributed by atoms with E-state index in [0.29, 0.717) is 17.4 Å². The Kier molecular flexibility index (Phi) is 6.13. The van der Waals surface area contributed by atoms with Crippen LogP contribution >= 0.6 is 15.9 Å². The lowest BCUT2D eigenvalue weighted by Gasteiger charge is -2.23. The van der Waals surface area contributed by atoms with Crippen molar-refractivity contribution >= 4 is 27.7 Å². The fraction of sp³-hybridized carbons (Fsp3) is 0.429. The van der Waals surface area contributed by atoms with Crippen molar-refractivity contribution in [2.24, 2.45) is 0 Å². The number of amides is 2. The maximum absolute atomic E-state index is 13.8. The van der Waals surface area contributed by atoms with Crippen LogP contribution in [0.1, 0.15) is 23.7 Å². The van der Waals surface area contributed by atoms with Gasteiger partial charge in [-0.2, -0.15) is 0 Å². The average molecular weight is 345 g/mol. The summed E-state index contributed by atoms with van der Waals surface area (Å²) in [5.74, 6) is -1.25. The van der Waals surface area contributed by atoms with Crippen molar-refractivity contribution in [2.45, 2.75) is 13.3 Å². The zero-order valence-corrected chi connectivity index (χ0v) is 13.4. The van der Waals surface area contributed by atoms with Gasteiger partial charge in [0.25, 0.3) is 5.91 Å². The molecule has 2 amide bonds. The third-order valence-electron chi connectivity index (χ3n) is 2.77. The molecule has 6 heteroatoms. The van der Waals surface area contributed by atoms with Crippen LogP contribution in [0.25, 0.3) is 0 Å². The van der Waals surface area contributed by atoms with Crippen LogP contribution in [0.5, 0.6) is 0 Å². The first kappa shape index (κ1) is 16.6. The first-order chi connectivity index (χ1) is 9.36. The highest BCUT2D eigenvalue weighted by Gasteiger charge is 2.21. The molecule has 0 aliphatic carbocycles. The van der Waals surface area contributed by atoms with Gasteiger partial charge in [-0.15, -0.1) is 0 Å². The number of likely N-dealkylation sites (N-methyl/N-ethyl adjacent to an activating group) is 1. The highest BCUT2D eigenvalue weighted by atomic mass is 79.9. The first-order valence-corrected chi connectivity index (χ1v) is 7.10. The minimum atomic E-state index is -0.595. The zero-order valence-electron chi connectivity index (χ0n) is 11.8. The molecule has 0 aliphatic heterocycles. The molecular formula is C14H18BrFN2O2. The monoisotopic (exact) mass is 344 g/mol. The van der Waals surface area contributed by atoms with E-state index in [2.05, 4.69) is 15.9 Å². The molecule has 0 atom stereocenters. The van der Waals surface area contributed by atoms with Crippen molar-refractivity contribution < 1.29 is 14.0 Å². The van der Waals surface area contributed by atoms with Gasteiger partial charge in [-0.1, -0.05) is 22.9 Å². The topological polar surface area (TPSA) is 40.6 Å². The molecule has 0 unspecified atom stereocenters. The quantitative estimate of drug-likeness (QED) is 0.823. The van der Waals surface area contributed by atoms with Gasteiger partial charge in [0.1, 0.15) is 12.4 Å². The molecule has 1 rings (SSSR count). The second kappa shape index (κ2) is 7.38. The van der Waals surface area contributed by atoms with Crippen LogP contribution in [-0.4, -0.2) is 48.8 Å². The molecule has 0 N–H and O–H groups in total. The molecule has 20 heavy (non-hydrogen) atoms. The molecular weight excluding hydrogens is 327 g/mol. The van der Waals surface area contributed by atoms with Gasteiger partial charge in [-0.05, 0) is 24.6 Å². The SMILES string of the molecule is CCCN(CC(=O)N(C)C)C(=O)c1ccc(Br)cc1F. The predicted molar refractivity (Wildman–Crippen MR) is 79.0 cm³/mol. The second-order valence-electron chi connectivity index (χ2n) is 4.64. The number of halogens is 2. The predicted octanol–water partition coefficient (Wildman–Crippen LogP) is 2.53. The van der Waals surface area contributed by atoms with Crippen molar-refractivity contribution in [3.63, 3.8) is 0 Å². The van der Waals surface area contributed by atoms with E-state index >= 15 is 0 Å². The Hall–Kier alpha value is -1.43. The molecule has 0 saturated carbocycles. The third kappa shape index (κ3) is 4.30. The van der Waals surface area contributed by atoms with Gasteiger partial charge in [0.05, 0.1) is 5.56 Å². The van der Waals surface area contributed by atoms with Crippen LogP contribution in [0, 0.1) is 5.82 Å². The van der Waals surface area contributed by atoms with Crippen LogP contribution in [0.4, 0.5) is 4.39 Å². The summed E-state index contributed by atoms with van der Waals surface area (Å²) in [6.07, 6.45) is 0.699. The summed E-state index contributed by atoms with van der Waals surface area (Å²) in [5.41, 5.74) is -0.0202. The maximum atomic E-state index is 13.8. The van der Waals surface area contributed by atoms with E-state index in [4.69, 9.17) is 0 Å². The van der Waals surface area contributed by atoms with Gasteiger partial charge >= 0.3 is 0 Å². The van der Waals surface area contributed by atoms with Gasteiger partial charge in [-0.25, -0.2) is 4.39 Å². The normalized spacial score (nSPS) is 10.2. The summed E-state index contributed by atoms with van der Waals surface area (Å²) < 4.78 is 14.4. The Morgan fingerprint density at radius 1 is 1.30 bits per heavy atom. The molecule has 4 nitrogen and oxygen atoms in total. The first-order valence-electron chi connectivity index (χ1n) is 6.31. The summed E-state index contributed by atoms with van der Waals surface area (Å²) in [7, 11) is 3.24. The Labute approximate surface area is 126 Å². The molecule has 0 aliphatic rings. The Bertz CT molecular complexity index is 506. The number of carbonyl (C=O) groups excluding carboxylic acids is 2. The van der Waals surface area contributed by atoms with Crippen molar-refractivity contribution in [3.8, 4) is 0 Å². The highest BCUT2D eigenvalue weighted by Crippen LogP contribution is 2.17. The Morgan fingerprint density at radius 3 is 2.45 bits per heavy atom. The Morgan fingerprint density at radius 2 is 1.95 bits per heavy atom. The van der Waals surface area contributed by atoms with E-state index in [-0.39, 0.29) is 18.0 Å². The molecule has 110 valence electrons. The van der Waals surface area contributed by atoms with Crippen LogP contribution < -0.4 is 0 Å². The second-order valence-corrected chi connectivity index (χ2v) is 5.55. The molecule has 0 saturated heterocycles. The molecule has 1 aromatic carbocycles. The van der Waals surface area contributed by atoms with Gasteiger partial charge in [-0.3, -0.25) is 9.59 Å². The van der Waals surface area contributed by atoms with E-state index in [9.17, 15) is 14.0 Å². The summed E-state index contributed by atoms with van der Waals surface area (Å²) in [5, 5.41) is 0. The number of hydrogen-bond donors (Lipinski definition) is 0. The highest BCUT2D eigenvalue weighted by molar-refractivity contribution is 9.10. The summed E-state index contributed by atoms with van der Waals surface area (Å²) in [6.45, 7) is 2.27. The largest absolute Gasteiger partial charge is 0.347 e. The minimum Gasteiger partial charge on any atom is -0.347 e. The van der Waals surface area contributed by atoms with Gasteiger partial charge in [0.2, 0.25) is 5.91 Å². The van der Waals surface area contributed by atoms with E-state index in [0.717, 1.165) is 0 Å². The van der Waals surface area contributed by atoms with Gasteiger partial charge in [0, 0.05) is 25.1 Å². The van der Waals surface area contributed by atoms with Crippen LogP contribution in [0.3, 0.4) is 0 Å². The number of carbonyl (C=O) groups is 2. The fourth-order valence-corrected chi connectivity index (χ4v) is 1.99. The summed E-state index contributed by atoms with van der Waals surface area (Å²) in [4.78, 5) is 26.8. The van der Waals surface area contributed by atoms with Crippen LogP contribution in [0.2, 0.25) is 0 Å². The van der Waals surface area contributed by atoms with Crippen molar-refractivity contribution in [1.29, 1.82) is 0 Å². The van der Waals surface area contributed by atoms with Crippen LogP contribution in [0.15, 0.2) is 22.7 Å². The standard InChI is InChI=1S/C14H18BrFN2O2/c1-4-7-18(9-13(19)17(2)3)14(20)11-6-5-10(15)8-12(11)16/h5-6,8H,4,7,9H2,1-3H3. The lowest BCUT2D eigenvalue weighted by Crippen LogP contribution is -2.41. The van der Waals surface area contributed by atoms with E-state index in [1.165, 1.54) is 21.9 Å². The molecule has 1 aromatic rings. The third-order valence-corrected chi connectivity index (χ3v) is 3.26. The molecule has 0 aromatic heterocycles. The molecule has 0 heterocycles. The molecule has 0 fully saturated rings. The van der Waals surface area contributed by atoms with Crippen molar-refractivity contribution in [2.75, 3.05) is 27.2 Å². The number of hydrogen-bond acceptors (Lipinski definition) is 2. The smallest absolute Gasteiger partial charge is 0.257 e. The number of benzene rings is 1. The molecule has 0 spiro atoms. The maximum Gasteiger partial charge on any atom is 0.257 e. The van der Waals surface area contributed by atoms with Crippen molar-refractivity contribution in [1.82, 2.24) is 9.80 Å².